The highest BCUT2D eigenvalue weighted by Crippen LogP contribution is 2.52. The van der Waals surface area contributed by atoms with Crippen molar-refractivity contribution in [2.24, 2.45) is 11.8 Å². The fourth-order valence-electron chi connectivity index (χ4n) is 3.53. The summed E-state index contributed by atoms with van der Waals surface area (Å²) in [4.78, 5) is 26.6. The summed E-state index contributed by atoms with van der Waals surface area (Å²) in [7, 11) is 0. The maximum atomic E-state index is 12.7. The van der Waals surface area contributed by atoms with Crippen LogP contribution in [0.4, 0.5) is 5.69 Å². The Morgan fingerprint density at radius 3 is 2.62 bits per heavy atom. The van der Waals surface area contributed by atoms with Crippen LogP contribution in [0.2, 0.25) is 10.0 Å². The summed E-state index contributed by atoms with van der Waals surface area (Å²) in [6, 6.07) is 4.75. The van der Waals surface area contributed by atoms with Crippen molar-refractivity contribution in [3.05, 3.63) is 40.4 Å². The van der Waals surface area contributed by atoms with Gasteiger partial charge in [0.25, 0.3) is 0 Å². The molecule has 0 aromatic heterocycles. The van der Waals surface area contributed by atoms with Gasteiger partial charge in [0.15, 0.2) is 0 Å². The van der Waals surface area contributed by atoms with Crippen molar-refractivity contribution in [2.75, 3.05) is 4.90 Å². The summed E-state index contributed by atoms with van der Waals surface area (Å²) in [6.07, 6.45) is 3.43. The fraction of sp³-hybridized carbons (Fsp3) is 0.333. The van der Waals surface area contributed by atoms with E-state index in [-0.39, 0.29) is 17.9 Å². The zero-order chi connectivity index (χ0) is 14.9. The second-order valence-electron chi connectivity index (χ2n) is 5.74. The lowest BCUT2D eigenvalue weighted by Gasteiger charge is -2.24. The number of benzene rings is 1. The number of amides is 2. The minimum Gasteiger partial charge on any atom is -0.362 e. The van der Waals surface area contributed by atoms with Crippen molar-refractivity contribution in [1.29, 1.82) is 0 Å². The van der Waals surface area contributed by atoms with Gasteiger partial charge in [-0.05, 0) is 25.1 Å². The van der Waals surface area contributed by atoms with Crippen molar-refractivity contribution in [3.8, 4) is 0 Å². The first-order chi connectivity index (χ1) is 9.92. The Morgan fingerprint density at radius 1 is 1.19 bits per heavy atom. The van der Waals surface area contributed by atoms with Gasteiger partial charge in [0.2, 0.25) is 11.8 Å². The maximum absolute atomic E-state index is 12.7. The Labute approximate surface area is 131 Å². The number of imide groups is 1. The van der Waals surface area contributed by atoms with Gasteiger partial charge in [0.05, 0.1) is 39.3 Å². The van der Waals surface area contributed by atoms with Gasteiger partial charge in [-0.2, -0.15) is 0 Å². The van der Waals surface area contributed by atoms with Crippen LogP contribution in [-0.4, -0.2) is 23.5 Å². The quantitative estimate of drug-likeness (QED) is 0.589. The van der Waals surface area contributed by atoms with Gasteiger partial charge in [-0.1, -0.05) is 35.4 Å². The molecule has 2 bridgehead atoms. The first-order valence-electron chi connectivity index (χ1n) is 6.62. The molecule has 108 valence electrons. The summed E-state index contributed by atoms with van der Waals surface area (Å²) in [5.74, 6) is -1.38. The highest BCUT2D eigenvalue weighted by atomic mass is 35.5. The Bertz CT molecular complexity index is 717. The van der Waals surface area contributed by atoms with Gasteiger partial charge in [-0.25, -0.2) is 4.90 Å². The van der Waals surface area contributed by atoms with Crippen LogP contribution in [0.1, 0.15) is 6.92 Å². The number of rotatable bonds is 1. The molecule has 3 aliphatic heterocycles. The summed E-state index contributed by atoms with van der Waals surface area (Å²) in [5, 5.41) is 0.701. The average molecular weight is 324 g/mol. The number of carbonyl (C=O) groups excluding carboxylic acids is 2. The Hall–Kier alpha value is -1.36. The molecule has 1 aromatic carbocycles. The number of anilines is 1. The second-order valence-corrected chi connectivity index (χ2v) is 6.55. The van der Waals surface area contributed by atoms with Crippen LogP contribution < -0.4 is 4.90 Å². The largest absolute Gasteiger partial charge is 0.362 e. The minimum atomic E-state index is -0.687. The van der Waals surface area contributed by atoms with Crippen molar-refractivity contribution in [1.82, 2.24) is 0 Å². The first-order valence-corrected chi connectivity index (χ1v) is 7.38. The van der Waals surface area contributed by atoms with E-state index in [1.54, 1.807) is 18.2 Å². The first kappa shape index (κ1) is 13.3. The van der Waals surface area contributed by atoms with Gasteiger partial charge < -0.3 is 4.74 Å². The fourth-order valence-corrected chi connectivity index (χ4v) is 3.82. The molecule has 6 heteroatoms. The van der Waals surface area contributed by atoms with Crippen molar-refractivity contribution in [2.45, 2.75) is 18.6 Å². The second kappa shape index (κ2) is 4.09. The molecule has 2 saturated heterocycles. The number of halogens is 2. The van der Waals surface area contributed by atoms with E-state index < -0.39 is 17.4 Å². The molecule has 21 heavy (non-hydrogen) atoms. The summed E-state index contributed by atoms with van der Waals surface area (Å²) in [6.45, 7) is 1.84. The van der Waals surface area contributed by atoms with Crippen LogP contribution in [-0.2, 0) is 14.3 Å². The van der Waals surface area contributed by atoms with Crippen LogP contribution in [0.3, 0.4) is 0 Å². The normalized spacial score (nSPS) is 36.7. The van der Waals surface area contributed by atoms with Crippen molar-refractivity contribution in [3.63, 3.8) is 0 Å². The van der Waals surface area contributed by atoms with Gasteiger partial charge in [0.1, 0.15) is 0 Å². The monoisotopic (exact) mass is 323 g/mol. The lowest BCUT2D eigenvalue weighted by molar-refractivity contribution is -0.126. The SMILES string of the molecule is C[C@@]12C=C[C@@H](O1)[C@H]1C(=O)N(c3ccc(Cl)c(Cl)c3)C(=O)[C@@H]12. The molecule has 4 atom stereocenters. The third-order valence-electron chi connectivity index (χ3n) is 4.49. The third-order valence-corrected chi connectivity index (χ3v) is 5.23. The maximum Gasteiger partial charge on any atom is 0.241 e. The van der Waals surface area contributed by atoms with E-state index in [1.807, 2.05) is 19.1 Å². The highest BCUT2D eigenvalue weighted by molar-refractivity contribution is 6.42. The van der Waals surface area contributed by atoms with Crippen LogP contribution in [0.15, 0.2) is 30.4 Å². The molecule has 2 fully saturated rings. The van der Waals surface area contributed by atoms with Gasteiger partial charge >= 0.3 is 0 Å². The molecular formula is C15H11Cl2NO3. The van der Waals surface area contributed by atoms with Crippen LogP contribution in [0.25, 0.3) is 0 Å². The standard InChI is InChI=1S/C15H11Cl2NO3/c1-15-5-4-10(21-15)11-12(15)14(20)18(13(11)19)7-2-3-8(16)9(17)6-7/h2-6,10-12H,1H3/t10-,11-,12-,15+/m1/s1. The number of hydrogen-bond acceptors (Lipinski definition) is 3. The lowest BCUT2D eigenvalue weighted by Crippen LogP contribution is -2.38. The molecule has 2 amide bonds. The Morgan fingerprint density at radius 2 is 1.95 bits per heavy atom. The zero-order valence-electron chi connectivity index (χ0n) is 11.0. The zero-order valence-corrected chi connectivity index (χ0v) is 12.6. The summed E-state index contributed by atoms with van der Waals surface area (Å²) < 4.78 is 5.77. The molecule has 4 nitrogen and oxygen atoms in total. The molecule has 0 saturated carbocycles. The van der Waals surface area contributed by atoms with E-state index in [9.17, 15) is 9.59 Å². The van der Waals surface area contributed by atoms with Gasteiger partial charge in [-0.15, -0.1) is 0 Å². The number of fused-ring (bicyclic) bond motifs is 5. The molecule has 4 rings (SSSR count). The van der Waals surface area contributed by atoms with Crippen molar-refractivity contribution >= 4 is 40.7 Å². The van der Waals surface area contributed by atoms with E-state index in [4.69, 9.17) is 27.9 Å². The minimum absolute atomic E-state index is 0.235. The molecule has 3 aliphatic rings. The summed E-state index contributed by atoms with van der Waals surface area (Å²) >= 11 is 11.9. The van der Waals surface area contributed by atoms with E-state index in [2.05, 4.69) is 0 Å². The smallest absolute Gasteiger partial charge is 0.241 e. The average Bonchev–Trinajstić information content (AvgIpc) is 3.03. The van der Waals surface area contributed by atoms with E-state index >= 15 is 0 Å². The molecule has 0 radical (unpaired) electrons. The number of nitrogens with zero attached hydrogens (tertiary/aromatic N) is 1. The molecule has 1 aromatic rings. The van der Waals surface area contributed by atoms with Gasteiger partial charge in [0, 0.05) is 0 Å². The number of hydrogen-bond donors (Lipinski definition) is 0. The highest BCUT2D eigenvalue weighted by Gasteiger charge is 2.66. The molecule has 0 unspecified atom stereocenters. The Balaban J connectivity index is 1.78. The van der Waals surface area contributed by atoms with E-state index in [0.717, 1.165) is 0 Å². The molecule has 3 heterocycles. The number of carbonyl (C=O) groups is 2. The topological polar surface area (TPSA) is 46.6 Å². The van der Waals surface area contributed by atoms with Crippen LogP contribution in [0, 0.1) is 11.8 Å². The number of ether oxygens (including phenoxy) is 1. The molecule has 0 spiro atoms. The van der Waals surface area contributed by atoms with Crippen LogP contribution >= 0.6 is 23.2 Å². The predicted molar refractivity (Wildman–Crippen MR) is 78.4 cm³/mol. The van der Waals surface area contributed by atoms with E-state index in [1.165, 1.54) is 4.90 Å². The predicted octanol–water partition coefficient (Wildman–Crippen LogP) is 2.83. The molecular weight excluding hydrogens is 313 g/mol. The van der Waals surface area contributed by atoms with Crippen LogP contribution in [0.5, 0.6) is 0 Å². The molecule has 0 aliphatic carbocycles. The molecule has 0 N–H and O–H groups in total. The van der Waals surface area contributed by atoms with E-state index in [0.29, 0.717) is 15.7 Å². The summed E-state index contributed by atoms with van der Waals surface area (Å²) in [5.41, 5.74) is -0.232. The van der Waals surface area contributed by atoms with Gasteiger partial charge in [-0.3, -0.25) is 9.59 Å². The Kier molecular flexibility index (Phi) is 2.60. The third kappa shape index (κ3) is 1.61. The van der Waals surface area contributed by atoms with Crippen molar-refractivity contribution < 1.29 is 14.3 Å². The lowest BCUT2D eigenvalue weighted by atomic mass is 9.78.